The van der Waals surface area contributed by atoms with Crippen molar-refractivity contribution in [1.29, 1.82) is 0 Å². The molecule has 1 heterocycles. The van der Waals surface area contributed by atoms with Crippen molar-refractivity contribution in [3.8, 4) is 0 Å². The number of halogens is 1. The molecule has 2 aromatic carbocycles. The van der Waals surface area contributed by atoms with Gasteiger partial charge in [-0.15, -0.1) is 5.10 Å². The van der Waals surface area contributed by atoms with Gasteiger partial charge in [-0.1, -0.05) is 49.2 Å². The van der Waals surface area contributed by atoms with E-state index in [1.165, 1.54) is 25.3 Å². The lowest BCUT2D eigenvalue weighted by atomic mass is 10.2. The van der Waals surface area contributed by atoms with Crippen molar-refractivity contribution in [2.75, 3.05) is 11.4 Å². The minimum Gasteiger partial charge on any atom is -0.465 e. The van der Waals surface area contributed by atoms with E-state index in [0.29, 0.717) is 12.4 Å². The molecule has 0 aliphatic heterocycles. The Bertz CT molecular complexity index is 1170. The average Bonchev–Trinajstić information content (AvgIpc) is 3.23. The summed E-state index contributed by atoms with van der Waals surface area (Å²) in [6.45, 7) is 2.42. The van der Waals surface area contributed by atoms with Gasteiger partial charge in [0, 0.05) is 6.54 Å². The fourth-order valence-corrected chi connectivity index (χ4v) is 4.90. The van der Waals surface area contributed by atoms with E-state index in [4.69, 9.17) is 16.3 Å². The molecular formula is C20H22ClN5O4S. The van der Waals surface area contributed by atoms with Crippen molar-refractivity contribution >= 4 is 33.3 Å². The summed E-state index contributed by atoms with van der Waals surface area (Å²) >= 11 is 6.35. The molecule has 3 aromatic rings. The predicted molar refractivity (Wildman–Crippen MR) is 115 cm³/mol. The van der Waals surface area contributed by atoms with Crippen molar-refractivity contribution < 1.29 is 17.9 Å². The van der Waals surface area contributed by atoms with Crippen molar-refractivity contribution in [2.45, 2.75) is 37.8 Å². The zero-order chi connectivity index (χ0) is 22.4. The van der Waals surface area contributed by atoms with Crippen LogP contribution in [0.2, 0.25) is 5.02 Å². The molecule has 11 heteroatoms. The number of carbonyl (C=O) groups is 1. The number of tetrazole rings is 1. The van der Waals surface area contributed by atoms with Crippen molar-refractivity contribution in [3.63, 3.8) is 0 Å². The fraction of sp³-hybridized carbons (Fsp3) is 0.300. The number of anilines is 1. The number of nitrogens with zero attached hydrogens (tertiary/aromatic N) is 5. The van der Waals surface area contributed by atoms with Crippen molar-refractivity contribution in [3.05, 3.63) is 64.9 Å². The maximum absolute atomic E-state index is 13.8. The van der Waals surface area contributed by atoms with E-state index in [1.807, 2.05) is 6.92 Å². The van der Waals surface area contributed by atoms with Crippen LogP contribution in [0.5, 0.6) is 0 Å². The van der Waals surface area contributed by atoms with E-state index >= 15 is 0 Å². The molecule has 0 aliphatic carbocycles. The number of aryl methyl sites for hydroxylation is 1. The van der Waals surface area contributed by atoms with Gasteiger partial charge in [-0.2, -0.15) is 0 Å². The van der Waals surface area contributed by atoms with Crippen LogP contribution in [0, 0.1) is 0 Å². The van der Waals surface area contributed by atoms with Gasteiger partial charge in [0.1, 0.15) is 4.90 Å². The third kappa shape index (κ3) is 4.86. The van der Waals surface area contributed by atoms with Gasteiger partial charge >= 0.3 is 5.97 Å². The summed E-state index contributed by atoms with van der Waals surface area (Å²) in [5.74, 6) is -0.404. The molecule has 0 spiro atoms. The van der Waals surface area contributed by atoms with Crippen LogP contribution >= 0.6 is 11.6 Å². The second-order valence-electron chi connectivity index (χ2n) is 6.62. The molecule has 0 N–H and O–H groups in total. The predicted octanol–water partition coefficient (Wildman–Crippen LogP) is 3.31. The molecule has 164 valence electrons. The van der Waals surface area contributed by atoms with Gasteiger partial charge < -0.3 is 4.74 Å². The number of carbonyl (C=O) groups excluding carboxylic acids is 1. The summed E-state index contributed by atoms with van der Waals surface area (Å²) in [7, 11) is -3.04. The Kier molecular flexibility index (Phi) is 7.24. The van der Waals surface area contributed by atoms with Crippen LogP contribution in [0.1, 0.15) is 35.9 Å². The Morgan fingerprint density at radius 1 is 1.16 bits per heavy atom. The summed E-state index contributed by atoms with van der Waals surface area (Å²) in [5, 5.41) is 11.9. The third-order valence-corrected chi connectivity index (χ3v) is 6.73. The second kappa shape index (κ2) is 9.88. The summed E-state index contributed by atoms with van der Waals surface area (Å²) in [5.41, 5.74) is 0.168. The van der Waals surface area contributed by atoms with Crippen LogP contribution in [-0.2, 0) is 27.8 Å². The Balaban J connectivity index is 2.13. The van der Waals surface area contributed by atoms with E-state index < -0.39 is 16.0 Å². The highest BCUT2D eigenvalue weighted by Crippen LogP contribution is 2.32. The quantitative estimate of drug-likeness (QED) is 0.448. The zero-order valence-electron chi connectivity index (χ0n) is 17.1. The Hall–Kier alpha value is -2.98. The van der Waals surface area contributed by atoms with Crippen LogP contribution in [-0.4, -0.2) is 41.7 Å². The van der Waals surface area contributed by atoms with E-state index in [2.05, 4.69) is 15.5 Å². The molecule has 0 amide bonds. The Morgan fingerprint density at radius 2 is 1.87 bits per heavy atom. The van der Waals surface area contributed by atoms with Gasteiger partial charge in [0.05, 0.1) is 29.9 Å². The number of para-hydroxylation sites is 1. The van der Waals surface area contributed by atoms with Gasteiger partial charge in [0.25, 0.3) is 10.0 Å². The third-order valence-electron chi connectivity index (χ3n) is 4.60. The number of ether oxygens (including phenoxy) is 1. The standard InChI is InChI=1S/C20H22ClN5O4S/c1-3-4-13-25-19(22-23-24-25)14-26(17-11-7-6-10-16(17)21)31(28,29)18-12-8-5-9-15(18)20(27)30-2/h5-12H,3-4,13-14H2,1-2H3. The minimum atomic E-state index is -4.24. The van der Waals surface area contributed by atoms with E-state index in [9.17, 15) is 13.2 Å². The maximum Gasteiger partial charge on any atom is 0.339 e. The first-order valence-corrected chi connectivity index (χ1v) is 11.4. The van der Waals surface area contributed by atoms with Crippen LogP contribution in [0.15, 0.2) is 53.4 Å². The van der Waals surface area contributed by atoms with Crippen LogP contribution in [0.4, 0.5) is 5.69 Å². The molecule has 0 radical (unpaired) electrons. The first-order chi connectivity index (χ1) is 14.9. The topological polar surface area (TPSA) is 107 Å². The van der Waals surface area contributed by atoms with Gasteiger partial charge in [-0.05, 0) is 41.1 Å². The Morgan fingerprint density at radius 3 is 2.58 bits per heavy atom. The Labute approximate surface area is 185 Å². The fourth-order valence-electron chi connectivity index (χ4n) is 2.99. The first kappa shape index (κ1) is 22.7. The maximum atomic E-state index is 13.8. The van der Waals surface area contributed by atoms with Gasteiger partial charge in [0.15, 0.2) is 5.82 Å². The summed E-state index contributed by atoms with van der Waals surface area (Å²) in [6.07, 6.45) is 1.76. The molecule has 0 atom stereocenters. The van der Waals surface area contributed by atoms with Crippen LogP contribution in [0.3, 0.4) is 0 Å². The normalized spacial score (nSPS) is 11.3. The molecule has 31 heavy (non-hydrogen) atoms. The van der Waals surface area contributed by atoms with Gasteiger partial charge in [-0.3, -0.25) is 4.31 Å². The molecule has 0 unspecified atom stereocenters. The number of sulfonamides is 1. The van der Waals surface area contributed by atoms with Gasteiger partial charge in [0.2, 0.25) is 0 Å². The second-order valence-corrected chi connectivity index (χ2v) is 8.86. The number of hydrogen-bond acceptors (Lipinski definition) is 7. The van der Waals surface area contributed by atoms with E-state index in [1.54, 1.807) is 35.0 Å². The number of methoxy groups -OCH3 is 1. The lowest BCUT2D eigenvalue weighted by Gasteiger charge is -2.25. The van der Waals surface area contributed by atoms with E-state index in [0.717, 1.165) is 17.1 Å². The number of rotatable bonds is 9. The molecule has 3 rings (SSSR count). The minimum absolute atomic E-state index is 0.0763. The molecule has 0 bridgehead atoms. The number of unbranched alkanes of at least 4 members (excludes halogenated alkanes) is 1. The highest BCUT2D eigenvalue weighted by atomic mass is 35.5. The number of hydrogen-bond donors (Lipinski definition) is 0. The first-order valence-electron chi connectivity index (χ1n) is 9.59. The number of aromatic nitrogens is 4. The monoisotopic (exact) mass is 463 g/mol. The van der Waals surface area contributed by atoms with E-state index in [-0.39, 0.29) is 27.7 Å². The van der Waals surface area contributed by atoms with Crippen LogP contribution < -0.4 is 4.31 Å². The number of esters is 1. The molecular weight excluding hydrogens is 442 g/mol. The highest BCUT2D eigenvalue weighted by molar-refractivity contribution is 7.92. The summed E-state index contributed by atoms with van der Waals surface area (Å²) < 4.78 is 35.0. The summed E-state index contributed by atoms with van der Waals surface area (Å²) in [4.78, 5) is 12.0. The molecule has 9 nitrogen and oxygen atoms in total. The molecule has 0 saturated heterocycles. The van der Waals surface area contributed by atoms with Crippen LogP contribution in [0.25, 0.3) is 0 Å². The summed E-state index contributed by atoms with van der Waals surface area (Å²) in [6, 6.07) is 12.4. The zero-order valence-corrected chi connectivity index (χ0v) is 18.7. The van der Waals surface area contributed by atoms with Crippen molar-refractivity contribution in [2.24, 2.45) is 0 Å². The largest absolute Gasteiger partial charge is 0.465 e. The SMILES string of the molecule is CCCCn1nnnc1CN(c1ccccc1Cl)S(=O)(=O)c1ccccc1C(=O)OC. The van der Waals surface area contributed by atoms with Gasteiger partial charge in [-0.25, -0.2) is 17.9 Å². The smallest absolute Gasteiger partial charge is 0.339 e. The molecule has 0 fully saturated rings. The number of benzene rings is 2. The lowest BCUT2D eigenvalue weighted by molar-refractivity contribution is 0.0596. The molecule has 0 saturated carbocycles. The highest BCUT2D eigenvalue weighted by Gasteiger charge is 2.32. The molecule has 0 aliphatic rings. The average molecular weight is 464 g/mol. The molecule has 1 aromatic heterocycles. The van der Waals surface area contributed by atoms with Crippen molar-refractivity contribution in [1.82, 2.24) is 20.2 Å². The lowest BCUT2D eigenvalue weighted by Crippen LogP contribution is -2.33.